The van der Waals surface area contributed by atoms with Crippen LogP contribution in [0.5, 0.6) is 5.75 Å². The highest BCUT2D eigenvalue weighted by Crippen LogP contribution is 2.36. The zero-order valence-corrected chi connectivity index (χ0v) is 14.8. The summed E-state index contributed by atoms with van der Waals surface area (Å²) in [6.07, 6.45) is -0.524. The van der Waals surface area contributed by atoms with Crippen LogP contribution in [0.25, 0.3) is 10.1 Å². The van der Waals surface area contributed by atoms with E-state index in [1.807, 2.05) is 54.6 Å². The number of amidine groups is 1. The molecule has 2 aromatic heterocycles. The quantitative estimate of drug-likeness (QED) is 0.411. The van der Waals surface area contributed by atoms with Gasteiger partial charge in [-0.3, -0.25) is 5.41 Å². The Kier molecular flexibility index (Phi) is 4.14. The third kappa shape index (κ3) is 3.04. The smallest absolute Gasteiger partial charge is 0.272 e. The maximum atomic E-state index is 7.67. The molecule has 0 saturated heterocycles. The van der Waals surface area contributed by atoms with Gasteiger partial charge in [0.15, 0.2) is 5.82 Å². The van der Waals surface area contributed by atoms with Gasteiger partial charge >= 0.3 is 0 Å². The molecule has 0 amide bonds. The minimum Gasteiger partial charge on any atom is -0.475 e. The van der Waals surface area contributed by atoms with Gasteiger partial charge < -0.3 is 15.0 Å². The Morgan fingerprint density at radius 2 is 2.00 bits per heavy atom. The summed E-state index contributed by atoms with van der Waals surface area (Å²) in [6.45, 7) is 1.77. The van der Waals surface area contributed by atoms with E-state index in [-0.39, 0.29) is 5.84 Å². The molecule has 130 valence electrons. The number of benzene rings is 2. The second-order valence-corrected chi connectivity index (χ2v) is 6.86. The zero-order chi connectivity index (χ0) is 18.1. The van der Waals surface area contributed by atoms with E-state index in [1.165, 1.54) is 11.3 Å². The van der Waals surface area contributed by atoms with E-state index < -0.39 is 6.10 Å². The summed E-state index contributed by atoms with van der Waals surface area (Å²) in [5, 5.41) is 12.5. The summed E-state index contributed by atoms with van der Waals surface area (Å²) in [7, 11) is 0. The molecule has 4 rings (SSSR count). The molecule has 2 heterocycles. The van der Waals surface area contributed by atoms with Crippen molar-refractivity contribution in [2.45, 2.75) is 13.0 Å². The fourth-order valence-corrected chi connectivity index (χ4v) is 3.64. The topological polar surface area (TPSA) is 98.0 Å². The molecule has 26 heavy (non-hydrogen) atoms. The number of rotatable bonds is 5. The Labute approximate surface area is 153 Å². The predicted molar refractivity (Wildman–Crippen MR) is 101 cm³/mol. The average Bonchev–Trinajstić information content (AvgIpc) is 3.27. The van der Waals surface area contributed by atoms with Crippen LogP contribution in [-0.2, 0) is 0 Å². The van der Waals surface area contributed by atoms with Crippen LogP contribution in [0.1, 0.15) is 28.3 Å². The average molecular weight is 364 g/mol. The summed E-state index contributed by atoms with van der Waals surface area (Å²) in [5.41, 5.74) is 6.55. The summed E-state index contributed by atoms with van der Waals surface area (Å²) in [5.74, 6) is 1.67. The van der Waals surface area contributed by atoms with Gasteiger partial charge in [0, 0.05) is 15.6 Å². The molecular formula is C19H16N4O2S. The SMILES string of the molecule is Cc1noc([C@@H](Oc2cccc3sc(C(=N)N)cc23)c2ccccc2)n1. The van der Waals surface area contributed by atoms with E-state index in [2.05, 4.69) is 10.1 Å². The van der Waals surface area contributed by atoms with Crippen LogP contribution < -0.4 is 10.5 Å². The lowest BCUT2D eigenvalue weighted by atomic mass is 10.1. The van der Waals surface area contributed by atoms with Crippen LogP contribution in [0, 0.1) is 12.3 Å². The molecule has 2 aromatic carbocycles. The van der Waals surface area contributed by atoms with Crippen LogP contribution in [0.2, 0.25) is 0 Å². The zero-order valence-electron chi connectivity index (χ0n) is 14.0. The lowest BCUT2D eigenvalue weighted by Crippen LogP contribution is -2.10. The maximum absolute atomic E-state index is 7.67. The van der Waals surface area contributed by atoms with Gasteiger partial charge in [-0.2, -0.15) is 4.98 Å². The fourth-order valence-electron chi connectivity index (χ4n) is 2.71. The van der Waals surface area contributed by atoms with Crippen molar-refractivity contribution in [2.24, 2.45) is 5.73 Å². The van der Waals surface area contributed by atoms with Gasteiger partial charge in [-0.25, -0.2) is 0 Å². The number of nitrogens with two attached hydrogens (primary N) is 1. The molecule has 4 aromatic rings. The van der Waals surface area contributed by atoms with Gasteiger partial charge in [0.05, 0.1) is 4.88 Å². The molecule has 0 saturated carbocycles. The van der Waals surface area contributed by atoms with Crippen molar-refractivity contribution in [3.8, 4) is 5.75 Å². The van der Waals surface area contributed by atoms with Gasteiger partial charge in [0.1, 0.15) is 11.6 Å². The first-order valence-electron chi connectivity index (χ1n) is 8.00. The van der Waals surface area contributed by atoms with Gasteiger partial charge in [-0.15, -0.1) is 11.3 Å². The molecule has 0 fully saturated rings. The number of nitrogens with zero attached hydrogens (tertiary/aromatic N) is 2. The highest BCUT2D eigenvalue weighted by molar-refractivity contribution is 7.20. The van der Waals surface area contributed by atoms with Gasteiger partial charge in [-0.05, 0) is 25.1 Å². The monoisotopic (exact) mass is 364 g/mol. The number of thiophene rings is 1. The van der Waals surface area contributed by atoms with Crippen LogP contribution in [0.15, 0.2) is 59.1 Å². The van der Waals surface area contributed by atoms with E-state index >= 15 is 0 Å². The lowest BCUT2D eigenvalue weighted by Gasteiger charge is -2.16. The maximum Gasteiger partial charge on any atom is 0.272 e. The van der Waals surface area contributed by atoms with E-state index in [0.29, 0.717) is 22.3 Å². The van der Waals surface area contributed by atoms with Crippen molar-refractivity contribution < 1.29 is 9.26 Å². The summed E-state index contributed by atoms with van der Waals surface area (Å²) in [4.78, 5) is 5.05. The normalized spacial score (nSPS) is 12.2. The molecule has 0 unspecified atom stereocenters. The molecule has 0 bridgehead atoms. The third-order valence-corrected chi connectivity index (χ3v) is 5.04. The molecule has 0 aliphatic heterocycles. The standard InChI is InChI=1S/C19H16N4O2S/c1-11-22-19(25-23-11)17(12-6-3-2-4-7-12)24-14-8-5-9-15-13(14)10-16(26-15)18(20)21/h2-10,17H,1H3,(H3,20,21)/t17-/m0/s1. The highest BCUT2D eigenvalue weighted by Gasteiger charge is 2.23. The first kappa shape index (κ1) is 16.3. The lowest BCUT2D eigenvalue weighted by molar-refractivity contribution is 0.195. The second kappa shape index (κ2) is 6.61. The number of hydrogen-bond donors (Lipinski definition) is 2. The summed E-state index contributed by atoms with van der Waals surface area (Å²) < 4.78 is 12.7. The number of hydrogen-bond acceptors (Lipinski definition) is 6. The molecule has 0 radical (unpaired) electrons. The van der Waals surface area contributed by atoms with E-state index in [1.54, 1.807) is 6.92 Å². The Bertz CT molecular complexity index is 1070. The Hall–Kier alpha value is -3.19. The molecule has 0 aliphatic rings. The Morgan fingerprint density at radius 1 is 1.19 bits per heavy atom. The van der Waals surface area contributed by atoms with Crippen molar-refractivity contribution in [1.82, 2.24) is 10.1 Å². The van der Waals surface area contributed by atoms with Crippen molar-refractivity contribution in [1.29, 1.82) is 5.41 Å². The Balaban J connectivity index is 1.79. The second-order valence-electron chi connectivity index (χ2n) is 5.78. The number of ether oxygens (including phenoxy) is 1. The van der Waals surface area contributed by atoms with Crippen molar-refractivity contribution in [3.63, 3.8) is 0 Å². The van der Waals surface area contributed by atoms with E-state index in [9.17, 15) is 0 Å². The molecule has 6 nitrogen and oxygen atoms in total. The van der Waals surface area contributed by atoms with Crippen molar-refractivity contribution >= 4 is 27.3 Å². The fraction of sp³-hybridized carbons (Fsp3) is 0.105. The Morgan fingerprint density at radius 3 is 2.69 bits per heavy atom. The van der Waals surface area contributed by atoms with E-state index in [0.717, 1.165) is 15.6 Å². The van der Waals surface area contributed by atoms with Crippen molar-refractivity contribution in [3.05, 3.63) is 76.8 Å². The highest BCUT2D eigenvalue weighted by atomic mass is 32.1. The van der Waals surface area contributed by atoms with Crippen LogP contribution in [-0.4, -0.2) is 16.0 Å². The van der Waals surface area contributed by atoms with Crippen LogP contribution in [0.3, 0.4) is 0 Å². The third-order valence-electron chi connectivity index (χ3n) is 3.90. The molecule has 0 spiro atoms. The molecule has 0 aliphatic carbocycles. The minimum atomic E-state index is -0.524. The predicted octanol–water partition coefficient (Wildman–Crippen LogP) is 4.05. The molecule has 1 atom stereocenters. The first-order valence-corrected chi connectivity index (χ1v) is 8.82. The summed E-state index contributed by atoms with van der Waals surface area (Å²) in [6, 6.07) is 17.4. The summed E-state index contributed by atoms with van der Waals surface area (Å²) >= 11 is 1.46. The largest absolute Gasteiger partial charge is 0.475 e. The van der Waals surface area contributed by atoms with Gasteiger partial charge in [0.25, 0.3) is 5.89 Å². The van der Waals surface area contributed by atoms with Crippen molar-refractivity contribution in [2.75, 3.05) is 0 Å². The van der Waals surface area contributed by atoms with Crippen LogP contribution >= 0.6 is 11.3 Å². The van der Waals surface area contributed by atoms with E-state index in [4.69, 9.17) is 20.4 Å². The first-order chi connectivity index (χ1) is 12.6. The van der Waals surface area contributed by atoms with Crippen LogP contribution in [0.4, 0.5) is 0 Å². The molecule has 3 N–H and O–H groups in total. The molecule has 7 heteroatoms. The number of fused-ring (bicyclic) bond motifs is 1. The number of nitrogen functional groups attached to an aromatic ring is 1. The van der Waals surface area contributed by atoms with Gasteiger partial charge in [0.2, 0.25) is 6.10 Å². The number of aromatic nitrogens is 2. The molecular weight excluding hydrogens is 348 g/mol. The van der Waals surface area contributed by atoms with Gasteiger partial charge in [-0.1, -0.05) is 41.6 Å². The number of nitrogens with one attached hydrogen (secondary N) is 1. The minimum absolute atomic E-state index is 0.0456. The number of aryl methyl sites for hydroxylation is 1.